The van der Waals surface area contributed by atoms with Crippen molar-refractivity contribution in [1.82, 2.24) is 5.32 Å². The lowest BCUT2D eigenvalue weighted by Crippen LogP contribution is -2.41. The van der Waals surface area contributed by atoms with Gasteiger partial charge in [0.05, 0.1) is 0 Å². The summed E-state index contributed by atoms with van der Waals surface area (Å²) >= 11 is 1.58. The zero-order valence-corrected chi connectivity index (χ0v) is 14.1. The van der Waals surface area contributed by atoms with Gasteiger partial charge in [-0.2, -0.15) is 11.8 Å². The standard InChI is InChI=1S/C16H29NO3S/c1-3-4-5-6-7-8-9-10-11-15(18)17-14(16(19)20)12-13-21-2/h7-8,14H,3-6,9-13H2,1-2H3,(H,17,18)(H,19,20)/b8-7-. The van der Waals surface area contributed by atoms with Crippen LogP contribution in [0.2, 0.25) is 0 Å². The molecular weight excluding hydrogens is 286 g/mol. The smallest absolute Gasteiger partial charge is 0.326 e. The van der Waals surface area contributed by atoms with E-state index >= 15 is 0 Å². The molecule has 0 rings (SSSR count). The van der Waals surface area contributed by atoms with Gasteiger partial charge in [0.25, 0.3) is 0 Å². The van der Waals surface area contributed by atoms with E-state index < -0.39 is 12.0 Å². The maximum absolute atomic E-state index is 11.7. The largest absolute Gasteiger partial charge is 0.480 e. The zero-order chi connectivity index (χ0) is 15.9. The molecule has 0 fully saturated rings. The molecule has 0 aliphatic carbocycles. The average Bonchev–Trinajstić information content (AvgIpc) is 2.46. The van der Waals surface area contributed by atoms with Crippen molar-refractivity contribution in [3.63, 3.8) is 0 Å². The number of rotatable bonds is 13. The minimum Gasteiger partial charge on any atom is -0.480 e. The number of nitrogens with one attached hydrogen (secondary N) is 1. The number of carboxylic acids is 1. The second-order valence-electron chi connectivity index (χ2n) is 5.10. The summed E-state index contributed by atoms with van der Waals surface area (Å²) in [5.74, 6) is -0.381. The third-order valence-electron chi connectivity index (χ3n) is 3.16. The number of unbranched alkanes of at least 4 members (excludes halogenated alkanes) is 4. The number of amides is 1. The molecule has 0 saturated carbocycles. The van der Waals surface area contributed by atoms with Crippen LogP contribution in [0, 0.1) is 0 Å². The molecule has 2 N–H and O–H groups in total. The van der Waals surface area contributed by atoms with E-state index in [4.69, 9.17) is 5.11 Å². The predicted molar refractivity (Wildman–Crippen MR) is 89.7 cm³/mol. The fourth-order valence-electron chi connectivity index (χ4n) is 1.89. The van der Waals surface area contributed by atoms with Crippen molar-refractivity contribution < 1.29 is 14.7 Å². The average molecular weight is 315 g/mol. The van der Waals surface area contributed by atoms with Crippen molar-refractivity contribution in [2.24, 2.45) is 0 Å². The number of carbonyl (C=O) groups excluding carboxylic acids is 1. The Balaban J connectivity index is 3.75. The summed E-state index contributed by atoms with van der Waals surface area (Å²) in [5, 5.41) is 11.6. The van der Waals surface area contributed by atoms with Gasteiger partial charge in [0.15, 0.2) is 0 Å². The quantitative estimate of drug-likeness (QED) is 0.402. The van der Waals surface area contributed by atoms with E-state index in [1.165, 1.54) is 19.3 Å². The summed E-state index contributed by atoms with van der Waals surface area (Å²) in [5.41, 5.74) is 0. The van der Waals surface area contributed by atoms with Crippen LogP contribution in [0.3, 0.4) is 0 Å². The van der Waals surface area contributed by atoms with Crippen LogP contribution in [0.4, 0.5) is 0 Å². The van der Waals surface area contributed by atoms with Gasteiger partial charge in [-0.1, -0.05) is 31.9 Å². The molecule has 0 heterocycles. The van der Waals surface area contributed by atoms with Gasteiger partial charge < -0.3 is 10.4 Å². The highest BCUT2D eigenvalue weighted by molar-refractivity contribution is 7.98. The Kier molecular flexibility index (Phi) is 13.3. The molecule has 5 heteroatoms. The van der Waals surface area contributed by atoms with E-state index in [1.807, 2.05) is 6.26 Å². The minimum atomic E-state index is -0.951. The van der Waals surface area contributed by atoms with Gasteiger partial charge in [-0.3, -0.25) is 4.79 Å². The lowest BCUT2D eigenvalue weighted by atomic mass is 10.1. The highest BCUT2D eigenvalue weighted by Gasteiger charge is 2.18. The first-order chi connectivity index (χ1) is 10.1. The van der Waals surface area contributed by atoms with Gasteiger partial charge in [0, 0.05) is 6.42 Å². The van der Waals surface area contributed by atoms with E-state index in [2.05, 4.69) is 24.4 Å². The summed E-state index contributed by atoms with van der Waals surface area (Å²) in [6.45, 7) is 2.19. The lowest BCUT2D eigenvalue weighted by molar-refractivity contribution is -0.141. The monoisotopic (exact) mass is 315 g/mol. The maximum atomic E-state index is 11.7. The normalized spacial score (nSPS) is 12.5. The van der Waals surface area contributed by atoms with Gasteiger partial charge in [-0.15, -0.1) is 0 Å². The molecular formula is C16H29NO3S. The molecule has 0 aliphatic rings. The number of hydrogen-bond donors (Lipinski definition) is 2. The van der Waals surface area contributed by atoms with Crippen molar-refractivity contribution >= 4 is 23.6 Å². The van der Waals surface area contributed by atoms with Crippen LogP contribution in [0.5, 0.6) is 0 Å². The Morgan fingerprint density at radius 2 is 1.86 bits per heavy atom. The molecule has 0 spiro atoms. The van der Waals surface area contributed by atoms with Crippen molar-refractivity contribution in [2.45, 2.75) is 64.3 Å². The van der Waals surface area contributed by atoms with Crippen molar-refractivity contribution in [2.75, 3.05) is 12.0 Å². The Bertz CT molecular complexity index is 319. The Morgan fingerprint density at radius 1 is 1.19 bits per heavy atom. The number of carboxylic acid groups (broad SMARTS) is 1. The first-order valence-electron chi connectivity index (χ1n) is 7.77. The summed E-state index contributed by atoms with van der Waals surface area (Å²) < 4.78 is 0. The Morgan fingerprint density at radius 3 is 2.43 bits per heavy atom. The zero-order valence-electron chi connectivity index (χ0n) is 13.3. The number of carbonyl (C=O) groups is 2. The molecule has 0 saturated heterocycles. The molecule has 122 valence electrons. The molecule has 1 unspecified atom stereocenters. The van der Waals surface area contributed by atoms with Gasteiger partial charge >= 0.3 is 5.97 Å². The molecule has 0 radical (unpaired) electrons. The van der Waals surface area contributed by atoms with Crippen LogP contribution in [-0.4, -0.2) is 35.0 Å². The second-order valence-corrected chi connectivity index (χ2v) is 6.08. The van der Waals surface area contributed by atoms with Crippen LogP contribution in [0.25, 0.3) is 0 Å². The molecule has 0 aromatic rings. The first kappa shape index (κ1) is 20.0. The van der Waals surface area contributed by atoms with Gasteiger partial charge in [-0.25, -0.2) is 4.79 Å². The SMILES string of the molecule is CCCCC/C=C\CCCC(=O)NC(CCSC)C(=O)O. The lowest BCUT2D eigenvalue weighted by Gasteiger charge is -2.13. The predicted octanol–water partition coefficient (Wildman–Crippen LogP) is 3.62. The molecule has 0 bridgehead atoms. The highest BCUT2D eigenvalue weighted by atomic mass is 32.2. The number of allylic oxidation sites excluding steroid dienone is 2. The van der Waals surface area contributed by atoms with Crippen molar-refractivity contribution in [3.8, 4) is 0 Å². The van der Waals surface area contributed by atoms with E-state index in [0.717, 1.165) is 25.0 Å². The Hall–Kier alpha value is -0.970. The first-order valence-corrected chi connectivity index (χ1v) is 9.17. The summed E-state index contributed by atoms with van der Waals surface area (Å²) in [7, 11) is 0. The van der Waals surface area contributed by atoms with Gasteiger partial charge in [0.2, 0.25) is 5.91 Å². The minimum absolute atomic E-state index is 0.164. The number of hydrogen-bond acceptors (Lipinski definition) is 3. The van der Waals surface area contributed by atoms with Crippen molar-refractivity contribution in [3.05, 3.63) is 12.2 Å². The van der Waals surface area contributed by atoms with Crippen LogP contribution in [0.15, 0.2) is 12.2 Å². The third-order valence-corrected chi connectivity index (χ3v) is 3.80. The summed E-state index contributed by atoms with van der Waals surface area (Å²) in [6, 6.07) is -0.755. The molecule has 0 aliphatic heterocycles. The molecule has 0 aromatic carbocycles. The number of aliphatic carboxylic acids is 1. The topological polar surface area (TPSA) is 66.4 Å². The van der Waals surface area contributed by atoms with Crippen molar-refractivity contribution in [1.29, 1.82) is 0 Å². The van der Waals surface area contributed by atoms with E-state index in [-0.39, 0.29) is 5.91 Å². The second kappa shape index (κ2) is 14.0. The Labute approximate surface area is 132 Å². The fourth-order valence-corrected chi connectivity index (χ4v) is 2.36. The molecule has 0 aromatic heterocycles. The van der Waals surface area contributed by atoms with Crippen LogP contribution in [0.1, 0.15) is 58.3 Å². The van der Waals surface area contributed by atoms with Crippen LogP contribution in [-0.2, 0) is 9.59 Å². The summed E-state index contributed by atoms with van der Waals surface area (Å²) in [6.07, 6.45) is 13.5. The van der Waals surface area contributed by atoms with Gasteiger partial charge in [-0.05, 0) is 44.1 Å². The van der Waals surface area contributed by atoms with Crippen LogP contribution < -0.4 is 5.32 Å². The summed E-state index contributed by atoms with van der Waals surface area (Å²) in [4.78, 5) is 22.7. The third kappa shape index (κ3) is 12.5. The molecule has 1 atom stereocenters. The fraction of sp³-hybridized carbons (Fsp3) is 0.750. The van der Waals surface area contributed by atoms with E-state index in [1.54, 1.807) is 11.8 Å². The molecule has 4 nitrogen and oxygen atoms in total. The number of thioether (sulfide) groups is 1. The van der Waals surface area contributed by atoms with E-state index in [0.29, 0.717) is 12.8 Å². The highest BCUT2D eigenvalue weighted by Crippen LogP contribution is 2.04. The molecule has 1 amide bonds. The maximum Gasteiger partial charge on any atom is 0.326 e. The van der Waals surface area contributed by atoms with E-state index in [9.17, 15) is 9.59 Å². The van der Waals surface area contributed by atoms with Crippen LogP contribution >= 0.6 is 11.8 Å². The molecule has 21 heavy (non-hydrogen) atoms. The van der Waals surface area contributed by atoms with Gasteiger partial charge in [0.1, 0.15) is 6.04 Å².